The van der Waals surface area contributed by atoms with Crippen LogP contribution in [0.5, 0.6) is 0 Å². The molecule has 1 aromatic rings. The highest BCUT2D eigenvalue weighted by Gasteiger charge is 2.35. The summed E-state index contributed by atoms with van der Waals surface area (Å²) in [4.78, 5) is 14.4. The number of carbonyl (C=O) groups is 1. The fourth-order valence-corrected chi connectivity index (χ4v) is 2.57. The van der Waals surface area contributed by atoms with Gasteiger partial charge in [0.05, 0.1) is 5.54 Å². The van der Waals surface area contributed by atoms with Gasteiger partial charge in [0, 0.05) is 18.8 Å². The van der Waals surface area contributed by atoms with Crippen LogP contribution in [0.3, 0.4) is 0 Å². The number of rotatable bonds is 7. The van der Waals surface area contributed by atoms with E-state index in [1.807, 2.05) is 20.8 Å². The zero-order chi connectivity index (χ0) is 15.9. The highest BCUT2D eigenvalue weighted by molar-refractivity contribution is 5.89. The number of nitrogens with zero attached hydrogens (tertiary/aromatic N) is 1. The normalized spacial score (nSPS) is 11.3. The third-order valence-electron chi connectivity index (χ3n) is 4.04. The molecule has 0 aromatic heterocycles. The van der Waals surface area contributed by atoms with E-state index >= 15 is 0 Å². The van der Waals surface area contributed by atoms with Crippen LogP contribution < -0.4 is 11.1 Å². The van der Waals surface area contributed by atoms with E-state index in [0.717, 1.165) is 19.3 Å². The highest BCUT2D eigenvalue weighted by atomic mass is 19.1. The van der Waals surface area contributed by atoms with E-state index in [1.54, 1.807) is 17.0 Å². The van der Waals surface area contributed by atoms with E-state index in [0.29, 0.717) is 18.8 Å². The molecule has 0 unspecified atom stereocenters. The number of halogens is 1. The molecule has 5 heteroatoms. The van der Waals surface area contributed by atoms with Crippen LogP contribution in [0.4, 0.5) is 14.9 Å². The number of hydrogen-bond acceptors (Lipinski definition) is 2. The average Bonchev–Trinajstić information content (AvgIpc) is 2.48. The summed E-state index contributed by atoms with van der Waals surface area (Å²) in [6.07, 6.45) is 2.42. The number of carbonyl (C=O) groups excluding carboxylic acids is 1. The first kappa shape index (κ1) is 17.4. The molecule has 0 atom stereocenters. The van der Waals surface area contributed by atoms with E-state index in [9.17, 15) is 9.18 Å². The molecule has 0 heterocycles. The summed E-state index contributed by atoms with van der Waals surface area (Å²) in [5.74, 6) is -0.370. The van der Waals surface area contributed by atoms with Gasteiger partial charge in [0.15, 0.2) is 0 Å². The standard InChI is InChI=1S/C16H26FN3O/c1-4-10-20(16(5-2,6-3)12-18)15(21)19-14-9-7-8-13(17)11-14/h7-9,11H,4-6,10,12,18H2,1-3H3,(H,19,21). The molecule has 1 aromatic carbocycles. The third kappa shape index (κ3) is 4.17. The van der Waals surface area contributed by atoms with Crippen LogP contribution in [-0.2, 0) is 0 Å². The lowest BCUT2D eigenvalue weighted by molar-refractivity contribution is 0.118. The van der Waals surface area contributed by atoms with Crippen molar-refractivity contribution in [3.05, 3.63) is 30.1 Å². The van der Waals surface area contributed by atoms with Crippen molar-refractivity contribution < 1.29 is 9.18 Å². The second-order valence-electron chi connectivity index (χ2n) is 5.23. The minimum Gasteiger partial charge on any atom is -0.328 e. The van der Waals surface area contributed by atoms with Crippen molar-refractivity contribution in [2.24, 2.45) is 5.73 Å². The molecule has 0 saturated carbocycles. The van der Waals surface area contributed by atoms with Crippen molar-refractivity contribution in [2.45, 2.75) is 45.6 Å². The number of benzene rings is 1. The largest absolute Gasteiger partial charge is 0.328 e. The van der Waals surface area contributed by atoms with Gasteiger partial charge in [0.2, 0.25) is 0 Å². The van der Waals surface area contributed by atoms with E-state index in [4.69, 9.17) is 5.73 Å². The lowest BCUT2D eigenvalue weighted by Crippen LogP contribution is -2.57. The molecular formula is C16H26FN3O. The first-order valence-electron chi connectivity index (χ1n) is 7.57. The number of nitrogens with two attached hydrogens (primary N) is 1. The maximum Gasteiger partial charge on any atom is 0.322 e. The number of urea groups is 1. The molecule has 0 aliphatic rings. The Morgan fingerprint density at radius 1 is 1.33 bits per heavy atom. The Hall–Kier alpha value is -1.62. The maximum atomic E-state index is 13.2. The van der Waals surface area contributed by atoms with Crippen molar-refractivity contribution in [1.82, 2.24) is 4.90 Å². The van der Waals surface area contributed by atoms with Crippen molar-refractivity contribution in [1.29, 1.82) is 0 Å². The number of amides is 2. The third-order valence-corrected chi connectivity index (χ3v) is 4.04. The van der Waals surface area contributed by atoms with Crippen LogP contribution in [0.2, 0.25) is 0 Å². The fraction of sp³-hybridized carbons (Fsp3) is 0.562. The summed E-state index contributed by atoms with van der Waals surface area (Å²) in [5, 5.41) is 2.77. The molecule has 0 bridgehead atoms. The van der Waals surface area contributed by atoms with E-state index < -0.39 is 0 Å². The first-order chi connectivity index (χ1) is 10.0. The molecule has 0 aliphatic carbocycles. The monoisotopic (exact) mass is 295 g/mol. The van der Waals surface area contributed by atoms with Crippen molar-refractivity contribution in [3.63, 3.8) is 0 Å². The van der Waals surface area contributed by atoms with Gasteiger partial charge in [-0.3, -0.25) is 0 Å². The zero-order valence-electron chi connectivity index (χ0n) is 13.2. The summed E-state index contributed by atoms with van der Waals surface area (Å²) < 4.78 is 13.2. The topological polar surface area (TPSA) is 58.4 Å². The minimum absolute atomic E-state index is 0.225. The molecule has 0 spiro atoms. The van der Waals surface area contributed by atoms with Crippen molar-refractivity contribution in [2.75, 3.05) is 18.4 Å². The molecule has 21 heavy (non-hydrogen) atoms. The molecule has 0 radical (unpaired) electrons. The van der Waals surface area contributed by atoms with Crippen molar-refractivity contribution >= 4 is 11.7 Å². The Morgan fingerprint density at radius 3 is 2.48 bits per heavy atom. The Morgan fingerprint density at radius 2 is 2.00 bits per heavy atom. The molecule has 0 saturated heterocycles. The Bertz CT molecular complexity index is 452. The number of anilines is 1. The molecular weight excluding hydrogens is 269 g/mol. The zero-order valence-corrected chi connectivity index (χ0v) is 13.2. The van der Waals surface area contributed by atoms with Crippen LogP contribution in [-0.4, -0.2) is 29.6 Å². The lowest BCUT2D eigenvalue weighted by Gasteiger charge is -2.42. The second kappa shape index (κ2) is 7.98. The smallest absolute Gasteiger partial charge is 0.322 e. The molecule has 118 valence electrons. The highest BCUT2D eigenvalue weighted by Crippen LogP contribution is 2.24. The minimum atomic E-state index is -0.370. The van der Waals surface area contributed by atoms with Crippen LogP contribution >= 0.6 is 0 Å². The summed E-state index contributed by atoms with van der Waals surface area (Å²) in [6, 6.07) is 5.68. The van der Waals surface area contributed by atoms with Gasteiger partial charge in [-0.2, -0.15) is 0 Å². The van der Waals surface area contributed by atoms with Gasteiger partial charge < -0.3 is 16.0 Å². The Balaban J connectivity index is 2.96. The van der Waals surface area contributed by atoms with E-state index in [-0.39, 0.29) is 17.4 Å². The molecule has 3 N–H and O–H groups in total. The van der Waals surface area contributed by atoms with Gasteiger partial charge in [-0.1, -0.05) is 26.8 Å². The van der Waals surface area contributed by atoms with E-state index in [2.05, 4.69) is 5.32 Å². The molecule has 1 rings (SSSR count). The van der Waals surface area contributed by atoms with Crippen LogP contribution in [0.15, 0.2) is 24.3 Å². The Labute approximate surface area is 126 Å². The summed E-state index contributed by atoms with van der Waals surface area (Å²) in [7, 11) is 0. The van der Waals surface area contributed by atoms with E-state index in [1.165, 1.54) is 12.1 Å². The molecule has 2 amide bonds. The van der Waals surface area contributed by atoms with Crippen LogP contribution in [0, 0.1) is 5.82 Å². The fourth-order valence-electron chi connectivity index (χ4n) is 2.57. The molecule has 0 fully saturated rings. The maximum absolute atomic E-state index is 13.2. The predicted molar refractivity (Wildman–Crippen MR) is 84.8 cm³/mol. The van der Waals surface area contributed by atoms with Crippen LogP contribution in [0.25, 0.3) is 0 Å². The Kier molecular flexibility index (Phi) is 6.62. The summed E-state index contributed by atoms with van der Waals surface area (Å²) in [6.45, 7) is 7.13. The van der Waals surface area contributed by atoms with Crippen LogP contribution in [0.1, 0.15) is 40.0 Å². The number of hydrogen-bond donors (Lipinski definition) is 2. The van der Waals surface area contributed by atoms with Crippen molar-refractivity contribution in [3.8, 4) is 0 Å². The average molecular weight is 295 g/mol. The van der Waals surface area contributed by atoms with Gasteiger partial charge >= 0.3 is 6.03 Å². The predicted octanol–water partition coefficient (Wildman–Crippen LogP) is 3.59. The quantitative estimate of drug-likeness (QED) is 0.807. The van der Waals surface area contributed by atoms with Gasteiger partial charge in [0.25, 0.3) is 0 Å². The van der Waals surface area contributed by atoms with Gasteiger partial charge in [0.1, 0.15) is 5.82 Å². The van der Waals surface area contributed by atoms with Gasteiger partial charge in [-0.25, -0.2) is 9.18 Å². The molecule has 4 nitrogen and oxygen atoms in total. The first-order valence-corrected chi connectivity index (χ1v) is 7.57. The van der Waals surface area contributed by atoms with Gasteiger partial charge in [-0.05, 0) is 37.5 Å². The SMILES string of the molecule is CCCN(C(=O)Nc1cccc(F)c1)C(CC)(CC)CN. The summed E-state index contributed by atoms with van der Waals surface area (Å²) in [5.41, 5.74) is 6.04. The number of nitrogens with one attached hydrogen (secondary N) is 1. The molecule has 0 aliphatic heterocycles. The lowest BCUT2D eigenvalue weighted by atomic mass is 9.90. The van der Waals surface area contributed by atoms with Gasteiger partial charge in [-0.15, -0.1) is 0 Å². The second-order valence-corrected chi connectivity index (χ2v) is 5.23. The summed E-state index contributed by atoms with van der Waals surface area (Å²) >= 11 is 0.